The predicted octanol–water partition coefficient (Wildman–Crippen LogP) is 2.73. The number of hydrogen-bond donors (Lipinski definition) is 2. The second kappa shape index (κ2) is 4.29. The first-order valence-corrected chi connectivity index (χ1v) is 5.20. The highest BCUT2D eigenvalue weighted by Crippen LogP contribution is 2.28. The normalized spacial score (nSPS) is 10.4. The monoisotopic (exact) mass is 228 g/mol. The van der Waals surface area contributed by atoms with Gasteiger partial charge in [0.2, 0.25) is 0 Å². The lowest BCUT2D eigenvalue weighted by Crippen LogP contribution is -2.02. The van der Waals surface area contributed by atoms with Crippen molar-refractivity contribution in [1.29, 1.82) is 0 Å². The largest absolute Gasteiger partial charge is 0.507 e. The highest BCUT2D eigenvalue weighted by Gasteiger charge is 2.09. The third-order valence-electron chi connectivity index (χ3n) is 2.70. The average Bonchev–Trinajstić information content (AvgIpc) is 2.33. The van der Waals surface area contributed by atoms with Crippen LogP contribution in [0.5, 0.6) is 5.75 Å². The minimum Gasteiger partial charge on any atom is -0.507 e. The number of carboxylic acids is 1. The number of carboxylic acid groups (broad SMARTS) is 1. The van der Waals surface area contributed by atoms with Gasteiger partial charge in [-0.25, -0.2) is 4.79 Å². The van der Waals surface area contributed by atoms with Gasteiger partial charge in [0, 0.05) is 17.4 Å². The topological polar surface area (TPSA) is 57.5 Å². The molecule has 0 amide bonds. The molecule has 0 aliphatic heterocycles. The van der Waals surface area contributed by atoms with Crippen molar-refractivity contribution in [2.24, 2.45) is 0 Å². The van der Waals surface area contributed by atoms with Crippen molar-refractivity contribution in [2.45, 2.75) is 6.42 Å². The Hall–Kier alpha value is -2.29. The summed E-state index contributed by atoms with van der Waals surface area (Å²) in [6, 6.07) is 10.7. The Morgan fingerprint density at radius 1 is 1.12 bits per heavy atom. The van der Waals surface area contributed by atoms with Gasteiger partial charge >= 0.3 is 5.97 Å². The Labute approximate surface area is 98.6 Å². The fourth-order valence-corrected chi connectivity index (χ4v) is 1.81. The number of aliphatic carboxylic acids is 1. The van der Waals surface area contributed by atoms with E-state index in [1.807, 2.05) is 18.2 Å². The summed E-state index contributed by atoms with van der Waals surface area (Å²) < 4.78 is 0. The van der Waals surface area contributed by atoms with E-state index in [2.05, 4.69) is 6.58 Å². The molecular weight excluding hydrogens is 216 g/mol. The van der Waals surface area contributed by atoms with Crippen molar-refractivity contribution in [3.8, 4) is 5.75 Å². The van der Waals surface area contributed by atoms with Crippen LogP contribution in [0.4, 0.5) is 0 Å². The van der Waals surface area contributed by atoms with Gasteiger partial charge in [0.15, 0.2) is 0 Å². The smallest absolute Gasteiger partial charge is 0.331 e. The van der Waals surface area contributed by atoms with Crippen LogP contribution in [0.15, 0.2) is 48.6 Å². The highest BCUT2D eigenvalue weighted by molar-refractivity contribution is 5.93. The first-order chi connectivity index (χ1) is 8.09. The van der Waals surface area contributed by atoms with E-state index in [1.165, 1.54) is 0 Å². The lowest BCUT2D eigenvalue weighted by atomic mass is 9.98. The van der Waals surface area contributed by atoms with E-state index in [1.54, 1.807) is 18.2 Å². The van der Waals surface area contributed by atoms with Gasteiger partial charge in [0.1, 0.15) is 5.75 Å². The number of hydrogen-bond acceptors (Lipinski definition) is 2. The Morgan fingerprint density at radius 2 is 1.76 bits per heavy atom. The van der Waals surface area contributed by atoms with Crippen LogP contribution in [0.3, 0.4) is 0 Å². The molecule has 2 aromatic rings. The molecular formula is C14H12O3. The zero-order valence-corrected chi connectivity index (χ0v) is 9.18. The summed E-state index contributed by atoms with van der Waals surface area (Å²) in [5.41, 5.74) is 0.992. The zero-order chi connectivity index (χ0) is 12.4. The lowest BCUT2D eigenvalue weighted by molar-refractivity contribution is -0.132. The fourth-order valence-electron chi connectivity index (χ4n) is 1.81. The molecule has 2 N–H and O–H groups in total. The Balaban J connectivity index is 2.52. The molecule has 86 valence electrons. The van der Waals surface area contributed by atoms with Crippen LogP contribution in [0, 0.1) is 0 Å². The van der Waals surface area contributed by atoms with E-state index >= 15 is 0 Å². The molecule has 3 nitrogen and oxygen atoms in total. The molecule has 0 saturated heterocycles. The molecule has 0 aromatic heterocycles. The number of benzene rings is 2. The summed E-state index contributed by atoms with van der Waals surface area (Å²) in [4.78, 5) is 10.8. The number of rotatable bonds is 3. The van der Waals surface area contributed by atoms with Crippen LogP contribution in [0.2, 0.25) is 0 Å². The first-order valence-electron chi connectivity index (χ1n) is 5.20. The Bertz CT molecular complexity index is 599. The van der Waals surface area contributed by atoms with Crippen LogP contribution in [-0.2, 0) is 11.2 Å². The van der Waals surface area contributed by atoms with Gasteiger partial charge in [-0.3, -0.25) is 0 Å². The van der Waals surface area contributed by atoms with Crippen molar-refractivity contribution < 1.29 is 15.0 Å². The molecule has 0 spiro atoms. The molecule has 0 saturated carbocycles. The van der Waals surface area contributed by atoms with Crippen LogP contribution >= 0.6 is 0 Å². The minimum absolute atomic E-state index is 0.140. The molecule has 0 unspecified atom stereocenters. The number of fused-ring (bicyclic) bond motifs is 1. The van der Waals surface area contributed by atoms with Crippen LogP contribution in [0.25, 0.3) is 10.8 Å². The molecule has 0 aliphatic rings. The Kier molecular flexibility index (Phi) is 2.83. The number of carbonyl (C=O) groups is 1. The first kappa shape index (κ1) is 11.2. The van der Waals surface area contributed by atoms with Crippen LogP contribution < -0.4 is 0 Å². The molecule has 0 bridgehead atoms. The maximum Gasteiger partial charge on any atom is 0.331 e. The van der Waals surface area contributed by atoms with Crippen molar-refractivity contribution in [1.82, 2.24) is 0 Å². The molecule has 2 rings (SSSR count). The third kappa shape index (κ3) is 2.13. The summed E-state index contributed by atoms with van der Waals surface area (Å²) in [6.45, 7) is 3.52. The van der Waals surface area contributed by atoms with E-state index in [9.17, 15) is 9.90 Å². The van der Waals surface area contributed by atoms with E-state index in [-0.39, 0.29) is 17.7 Å². The van der Waals surface area contributed by atoms with Crippen molar-refractivity contribution >= 4 is 16.7 Å². The average molecular weight is 228 g/mol. The maximum atomic E-state index is 10.8. The van der Waals surface area contributed by atoms with Gasteiger partial charge in [0.05, 0.1) is 0 Å². The SMILES string of the molecule is C=C(Cc1ccc(O)c2ccccc12)C(=O)O. The van der Waals surface area contributed by atoms with Gasteiger partial charge < -0.3 is 10.2 Å². The summed E-state index contributed by atoms with van der Waals surface area (Å²) >= 11 is 0. The number of phenolic OH excluding ortho intramolecular Hbond substituents is 1. The summed E-state index contributed by atoms with van der Waals surface area (Å²) in [6.07, 6.45) is 0.274. The van der Waals surface area contributed by atoms with E-state index in [0.29, 0.717) is 0 Å². The fraction of sp³-hybridized carbons (Fsp3) is 0.0714. The zero-order valence-electron chi connectivity index (χ0n) is 9.18. The second-order valence-corrected chi connectivity index (χ2v) is 3.87. The van der Waals surface area contributed by atoms with Gasteiger partial charge in [-0.1, -0.05) is 36.9 Å². The molecule has 2 aromatic carbocycles. The van der Waals surface area contributed by atoms with Crippen molar-refractivity contribution in [3.05, 3.63) is 54.1 Å². The predicted molar refractivity (Wildman–Crippen MR) is 66.1 cm³/mol. The lowest BCUT2D eigenvalue weighted by Gasteiger charge is -2.07. The second-order valence-electron chi connectivity index (χ2n) is 3.87. The standard InChI is InChI=1S/C14H12O3/c1-9(14(16)17)8-10-6-7-13(15)12-5-3-2-4-11(10)12/h2-7,15H,1,8H2,(H,16,17). The molecule has 0 fully saturated rings. The molecule has 3 heteroatoms. The van der Waals surface area contributed by atoms with Crippen LogP contribution in [0.1, 0.15) is 5.56 Å². The van der Waals surface area contributed by atoms with Crippen molar-refractivity contribution in [2.75, 3.05) is 0 Å². The molecule has 0 atom stereocenters. The van der Waals surface area contributed by atoms with Crippen LogP contribution in [-0.4, -0.2) is 16.2 Å². The van der Waals surface area contributed by atoms with E-state index in [4.69, 9.17) is 5.11 Å². The third-order valence-corrected chi connectivity index (χ3v) is 2.70. The van der Waals surface area contributed by atoms with Gasteiger partial charge in [0.25, 0.3) is 0 Å². The number of aromatic hydroxyl groups is 1. The van der Waals surface area contributed by atoms with E-state index < -0.39 is 5.97 Å². The molecule has 0 heterocycles. The quantitative estimate of drug-likeness (QED) is 0.794. The Morgan fingerprint density at radius 3 is 2.41 bits per heavy atom. The summed E-state index contributed by atoms with van der Waals surface area (Å²) in [5.74, 6) is -0.799. The number of phenols is 1. The molecule has 0 aliphatic carbocycles. The van der Waals surface area contributed by atoms with Crippen molar-refractivity contribution in [3.63, 3.8) is 0 Å². The summed E-state index contributed by atoms with van der Waals surface area (Å²) in [5, 5.41) is 20.1. The van der Waals surface area contributed by atoms with Gasteiger partial charge in [-0.15, -0.1) is 0 Å². The van der Waals surface area contributed by atoms with Gasteiger partial charge in [-0.2, -0.15) is 0 Å². The van der Waals surface area contributed by atoms with Gasteiger partial charge in [-0.05, 0) is 17.0 Å². The summed E-state index contributed by atoms with van der Waals surface area (Å²) in [7, 11) is 0. The molecule has 17 heavy (non-hydrogen) atoms. The van der Waals surface area contributed by atoms with E-state index in [0.717, 1.165) is 16.3 Å². The maximum absolute atomic E-state index is 10.8. The highest BCUT2D eigenvalue weighted by atomic mass is 16.4. The minimum atomic E-state index is -0.998. The molecule has 0 radical (unpaired) electrons.